The van der Waals surface area contributed by atoms with Crippen molar-refractivity contribution < 1.29 is 85.7 Å². The van der Waals surface area contributed by atoms with Gasteiger partial charge in [-0.2, -0.15) is 0 Å². The summed E-state index contributed by atoms with van der Waals surface area (Å²) in [6.07, 6.45) is -8.56. The molecule has 3 aliphatic rings. The number of phosphoric ester groups is 2. The normalized spacial score (nSPS) is 25.1. The van der Waals surface area contributed by atoms with E-state index < -0.39 is 108 Å². The van der Waals surface area contributed by atoms with Gasteiger partial charge >= 0.3 is 33.8 Å². The van der Waals surface area contributed by atoms with Crippen molar-refractivity contribution in [3.8, 4) is 0 Å². The van der Waals surface area contributed by atoms with Gasteiger partial charge in [0.15, 0.2) is 29.3 Å². The second kappa shape index (κ2) is 23.0. The number of aliphatic hydroxyl groups excluding tert-OH is 2. The first-order chi connectivity index (χ1) is 32.6. The molecule has 2 fully saturated rings. The van der Waals surface area contributed by atoms with Gasteiger partial charge in [-0.1, -0.05) is 30.3 Å². The molecule has 6 rings (SSSR count). The van der Waals surface area contributed by atoms with Crippen molar-refractivity contribution in [2.45, 2.75) is 114 Å². The molecule has 0 aliphatic carbocycles. The molecule has 69 heavy (non-hydrogen) atoms. The zero-order valence-electron chi connectivity index (χ0n) is 37.4. The number of alkyl carbamates (subject to hydrolysis) is 2. The summed E-state index contributed by atoms with van der Waals surface area (Å²) in [5.74, 6) is -1.01. The summed E-state index contributed by atoms with van der Waals surface area (Å²) in [6.45, 7) is 6.73. The molecule has 0 radical (unpaired) electrons. The van der Waals surface area contributed by atoms with E-state index in [2.05, 4.69) is 46.8 Å². The van der Waals surface area contributed by atoms with E-state index in [4.69, 9.17) is 38.5 Å². The lowest BCUT2D eigenvalue weighted by Crippen LogP contribution is -2.47. The fourth-order valence-corrected chi connectivity index (χ4v) is 8.44. The lowest BCUT2D eigenvalue weighted by atomic mass is 10.1. The van der Waals surface area contributed by atoms with Crippen LogP contribution in [0.2, 0.25) is 0 Å². The quantitative estimate of drug-likeness (QED) is 0.0246. The molecule has 378 valence electrons. The maximum absolute atomic E-state index is 14.1. The Morgan fingerprint density at radius 3 is 2.45 bits per heavy atom. The van der Waals surface area contributed by atoms with Gasteiger partial charge in [-0.15, -0.1) is 0 Å². The molecule has 5 heterocycles. The molecule has 0 saturated carbocycles. The van der Waals surface area contributed by atoms with Crippen molar-refractivity contribution in [3.63, 3.8) is 0 Å². The van der Waals surface area contributed by atoms with Crippen LogP contribution in [-0.4, -0.2) is 155 Å². The zero-order chi connectivity index (χ0) is 50.1. The average molecular weight is 1010 g/mol. The van der Waals surface area contributed by atoms with Crippen molar-refractivity contribution in [2.75, 3.05) is 19.8 Å². The highest BCUT2D eigenvalue weighted by molar-refractivity contribution is 7.47. The van der Waals surface area contributed by atoms with E-state index in [9.17, 15) is 48.4 Å². The topological polar surface area (TPSA) is 382 Å². The number of aliphatic hydroxyl groups is 2. The molecule has 2 amide bonds. The number of phosphoric acid groups is 2. The van der Waals surface area contributed by atoms with Crippen molar-refractivity contribution in [2.24, 2.45) is 15.7 Å². The molecule has 2 unspecified atom stereocenters. The molecular weight excluding hydrogens is 958 g/mol. The number of carbonyl (C=O) groups excluding carboxylic acids is 3. The number of unbranched alkanes of at least 4 members (excludes halogenated alkanes) is 1. The molecular formula is C39H54N10O18P2. The highest BCUT2D eigenvalue weighted by atomic mass is 31.2. The zero-order valence-corrected chi connectivity index (χ0v) is 39.2. The standard InChI is InChI=1S/C39H54N10O18P2/c1-39(2,3)66-38(54)46-23(12-8-9-14-42-37(53)60-17-22-10-6-5-7-11-22)35(51)65-31-26(64-34(30(31)50)49-21-45-29-32(41-4)43-20-44-33(29)49)19-62-69(58,59)67-24-16-28(48-15-13-27(40)47-36(48)52)63-25(24)18-61-68(55,56)57/h5-7,10-11,13,15,20-21,23-26,28,30-31,34,36,50,52H,4,8-9,12,14,16-19H2,1-3H3,(H2,40,47)(H,42,53)(H,46,54)(H,58,59)(H2,55,56,57)/t23-,24-,25+,26+,28+,30+,31+,34+,36?/m0/s1. The van der Waals surface area contributed by atoms with Gasteiger partial charge in [0.05, 0.1) is 19.5 Å². The Bertz CT molecular complexity index is 2440. The first-order valence-corrected chi connectivity index (χ1v) is 24.2. The van der Waals surface area contributed by atoms with Gasteiger partial charge in [-0.05, 0) is 58.4 Å². The van der Waals surface area contributed by atoms with Crippen molar-refractivity contribution in [1.29, 1.82) is 0 Å². The van der Waals surface area contributed by atoms with E-state index in [1.807, 2.05) is 6.07 Å². The third kappa shape index (κ3) is 15.0. The first kappa shape index (κ1) is 52.9. The molecule has 3 aromatic rings. The fraction of sp³-hybridized carbons (Fsp3) is 0.538. The largest absolute Gasteiger partial charge is 0.472 e. The summed E-state index contributed by atoms with van der Waals surface area (Å²) in [4.78, 5) is 90.4. The fourth-order valence-electron chi connectivity index (χ4n) is 7.14. The summed E-state index contributed by atoms with van der Waals surface area (Å²) in [6, 6.07) is 7.63. The number of rotatable bonds is 21. The van der Waals surface area contributed by atoms with E-state index >= 15 is 0 Å². The number of nitrogens with zero attached hydrogens (tertiary/aromatic N) is 7. The summed E-state index contributed by atoms with van der Waals surface area (Å²) in [5, 5.41) is 27.4. The number of imidazole rings is 1. The number of nitrogens with one attached hydrogen (secondary N) is 2. The van der Waals surface area contributed by atoms with Crippen LogP contribution in [0.4, 0.5) is 15.4 Å². The molecule has 1 aromatic carbocycles. The second-order valence-corrected chi connectivity index (χ2v) is 19.2. The highest BCUT2D eigenvalue weighted by Gasteiger charge is 2.50. The van der Waals surface area contributed by atoms with Crippen LogP contribution in [0.3, 0.4) is 0 Å². The minimum Gasteiger partial charge on any atom is -0.455 e. The molecule has 3 aliphatic heterocycles. The highest BCUT2D eigenvalue weighted by Crippen LogP contribution is 2.49. The predicted molar refractivity (Wildman–Crippen MR) is 236 cm³/mol. The Morgan fingerprint density at radius 2 is 1.75 bits per heavy atom. The predicted octanol–water partition coefficient (Wildman–Crippen LogP) is 1.51. The van der Waals surface area contributed by atoms with Crippen LogP contribution in [0.25, 0.3) is 11.2 Å². The number of benzene rings is 1. The van der Waals surface area contributed by atoms with Crippen molar-refractivity contribution in [1.82, 2.24) is 35.1 Å². The molecule has 30 heteroatoms. The molecule has 0 bridgehead atoms. The molecule has 2 aromatic heterocycles. The van der Waals surface area contributed by atoms with Crippen LogP contribution in [0.15, 0.2) is 65.2 Å². The maximum atomic E-state index is 14.1. The van der Waals surface area contributed by atoms with Crippen LogP contribution in [0.5, 0.6) is 0 Å². The van der Waals surface area contributed by atoms with Gasteiger partial charge in [-0.3, -0.25) is 18.1 Å². The smallest absolute Gasteiger partial charge is 0.455 e. The molecule has 0 spiro atoms. The number of esters is 1. The molecule has 9 N–H and O–H groups in total. The summed E-state index contributed by atoms with van der Waals surface area (Å²) < 4.78 is 70.3. The Balaban J connectivity index is 1.17. The van der Waals surface area contributed by atoms with Crippen LogP contribution in [-0.2, 0) is 57.8 Å². The average Bonchev–Trinajstić information content (AvgIpc) is 3.97. The number of nitrogens with two attached hydrogens (primary N) is 1. The number of hydrogen-bond acceptors (Lipinski definition) is 22. The number of amidine groups is 1. The van der Waals surface area contributed by atoms with Crippen LogP contribution in [0, 0.1) is 0 Å². The lowest BCUT2D eigenvalue weighted by Gasteiger charge is -2.31. The van der Waals surface area contributed by atoms with E-state index in [1.165, 1.54) is 23.2 Å². The summed E-state index contributed by atoms with van der Waals surface area (Å²) >= 11 is 0. The van der Waals surface area contributed by atoms with E-state index in [1.54, 1.807) is 45.0 Å². The molecule has 10 atom stereocenters. The maximum Gasteiger partial charge on any atom is 0.472 e. The summed E-state index contributed by atoms with van der Waals surface area (Å²) in [7, 11) is -10.3. The number of ether oxygens (including phenoxy) is 5. The Morgan fingerprint density at radius 1 is 1.01 bits per heavy atom. The SMILES string of the molecule is C=Nc1ncnc2c1ncn2[C@@H]1O[C@H](COP(=O)(O)O[C@H]2C[C@H](N3C=CC(N)=NC3O)O[C@@H]2COP(=O)(O)O)[C@@H](OC(=O)[C@H](CCCCNC(=O)OCc2ccccc2)NC(=O)OC(C)(C)C)[C@H]1O. The third-order valence-electron chi connectivity index (χ3n) is 10.2. The van der Waals surface area contributed by atoms with Gasteiger partial charge in [-0.25, -0.2) is 48.5 Å². The first-order valence-electron chi connectivity index (χ1n) is 21.2. The van der Waals surface area contributed by atoms with E-state index in [0.29, 0.717) is 6.42 Å². The monoisotopic (exact) mass is 1010 g/mol. The van der Waals surface area contributed by atoms with Gasteiger partial charge in [0, 0.05) is 19.2 Å². The second-order valence-electron chi connectivity index (χ2n) is 16.5. The molecule has 2 saturated heterocycles. The number of fused-ring (bicyclic) bond motifs is 1. The summed E-state index contributed by atoms with van der Waals surface area (Å²) in [5.41, 5.74) is 5.72. The van der Waals surface area contributed by atoms with Crippen molar-refractivity contribution >= 4 is 63.3 Å². The van der Waals surface area contributed by atoms with E-state index in [0.717, 1.165) is 16.8 Å². The Labute approximate surface area is 393 Å². The van der Waals surface area contributed by atoms with Crippen LogP contribution >= 0.6 is 15.6 Å². The minimum absolute atomic E-state index is 0.0176. The number of hydrogen-bond donors (Lipinski definition) is 8. The number of carbonyl (C=O) groups is 3. The third-order valence-corrected chi connectivity index (χ3v) is 11.7. The lowest BCUT2D eigenvalue weighted by molar-refractivity contribution is -0.159. The van der Waals surface area contributed by atoms with Crippen LogP contribution < -0.4 is 16.4 Å². The van der Waals surface area contributed by atoms with Gasteiger partial charge in [0.25, 0.3) is 0 Å². The number of amides is 2. The Kier molecular flexibility index (Phi) is 17.6. The Hall–Kier alpha value is -5.48. The van der Waals surface area contributed by atoms with Gasteiger partial charge in [0.1, 0.15) is 61.1 Å². The number of aromatic nitrogens is 4. The number of aliphatic imine (C=N–C) groups is 2. The van der Waals surface area contributed by atoms with Gasteiger partial charge in [0.2, 0.25) is 6.35 Å². The van der Waals surface area contributed by atoms with Gasteiger partial charge < -0.3 is 69.8 Å². The minimum atomic E-state index is -5.25. The van der Waals surface area contributed by atoms with E-state index in [-0.39, 0.29) is 55.2 Å². The van der Waals surface area contributed by atoms with Crippen LogP contribution in [0.1, 0.15) is 58.2 Å². The van der Waals surface area contributed by atoms with Crippen molar-refractivity contribution in [3.05, 3.63) is 60.8 Å². The molecule has 28 nitrogen and oxygen atoms in total.